The van der Waals surface area contributed by atoms with E-state index in [1.54, 1.807) is 71.4 Å². The van der Waals surface area contributed by atoms with Gasteiger partial charge in [-0.2, -0.15) is 20.4 Å². The second-order valence-electron chi connectivity index (χ2n) is 31.7. The molecule has 32 heteroatoms. The lowest BCUT2D eigenvalue weighted by Gasteiger charge is -2.18. The molecule has 28 nitrogen and oxygen atoms in total. The van der Waals surface area contributed by atoms with E-state index in [0.717, 1.165) is 126 Å². The van der Waals surface area contributed by atoms with Crippen LogP contribution in [0.3, 0.4) is 0 Å². The molecule has 11 unspecified atom stereocenters. The molecule has 668 valence electrons. The zero-order valence-corrected chi connectivity index (χ0v) is 72.4. The van der Waals surface area contributed by atoms with Crippen molar-refractivity contribution in [3.8, 4) is 40.2 Å². The van der Waals surface area contributed by atoms with Gasteiger partial charge < -0.3 is 63.4 Å². The second kappa shape index (κ2) is 47.0. The summed E-state index contributed by atoms with van der Waals surface area (Å²) < 4.78 is 113. The van der Waals surface area contributed by atoms with Gasteiger partial charge in [-0.05, 0) is 134 Å². The average Bonchev–Trinajstić information content (AvgIpc) is 1.62. The highest BCUT2D eigenvalue weighted by Crippen LogP contribution is 2.56. The summed E-state index contributed by atoms with van der Waals surface area (Å²) >= 11 is 0. The number of sulfone groups is 1. The van der Waals surface area contributed by atoms with E-state index in [1.165, 1.54) is 61.9 Å². The summed E-state index contributed by atoms with van der Waals surface area (Å²) in [5.41, 5.74) is 9.13. The van der Waals surface area contributed by atoms with Gasteiger partial charge in [0.25, 0.3) is 0 Å². The van der Waals surface area contributed by atoms with Crippen molar-refractivity contribution in [2.24, 2.45) is 36.6 Å². The number of carbonyl (C=O) groups excluding carboxylic acids is 3. The molecule has 5 saturated carbocycles. The zero-order valence-electron chi connectivity index (χ0n) is 72.5. The number of alkyl halides is 1. The number of aliphatic carboxylic acids is 1. The number of hydrogen-bond donors (Lipinski definition) is 6. The SMILES string of the molecule is C=CC1CO1.C=CCO.C=CCOCC(O)C=C.CCOC(=O)Cn1nc(C)c2c1C1CC1CO2.C[C@@H](Cc1cc(F)cc(F)c1)c1nc(C#CC(C)(C)O)ccc1-c1cccc2c(CS(C)(=O)=O)nn(C)c12.Cc1[nH]nc2c1OCC1CC21.Cc1nn(CC(=O)O)c2c1OCC1CC21.O=C1C=CCOC1.O=C1CCCC2CC12.OC1C=CCOC1.[2H]CF. The number of carboxylic acid groups (broad SMARTS) is 1. The summed E-state index contributed by atoms with van der Waals surface area (Å²) in [7, 11) is -2.55. The van der Waals surface area contributed by atoms with Crippen LogP contribution in [0.2, 0.25) is 0 Å². The number of halogens is 3. The Kier molecular flexibility index (Phi) is 36.9. The zero-order chi connectivity index (χ0) is 90.5. The molecule has 11 aliphatic rings. The number of aliphatic hydroxyl groups is 4. The first-order valence-electron chi connectivity index (χ1n) is 41.7. The smallest absolute Gasteiger partial charge is 0.327 e. The third-order valence-corrected chi connectivity index (χ3v) is 21.4. The second-order valence-corrected chi connectivity index (χ2v) is 33.8. The number of epoxide rings is 1. The molecule has 0 radical (unpaired) electrons. The summed E-state index contributed by atoms with van der Waals surface area (Å²) in [5, 5.41) is 65.1. The molecule has 2 aromatic carbocycles. The maximum Gasteiger partial charge on any atom is 0.327 e. The Morgan fingerprint density at radius 1 is 0.829 bits per heavy atom. The Morgan fingerprint density at radius 3 is 1.93 bits per heavy atom. The van der Waals surface area contributed by atoms with Gasteiger partial charge in [0.15, 0.2) is 32.9 Å². The molecule has 5 aliphatic carbocycles. The molecule has 7 aromatic rings. The number of nitrogens with one attached hydrogen (secondary N) is 1. The number of ketones is 2. The summed E-state index contributed by atoms with van der Waals surface area (Å²) in [6, 6.07) is 12.6. The van der Waals surface area contributed by atoms with Gasteiger partial charge in [-0.3, -0.25) is 42.7 Å². The fourth-order valence-corrected chi connectivity index (χ4v) is 15.1. The van der Waals surface area contributed by atoms with E-state index in [1.807, 2.05) is 65.0 Å². The lowest BCUT2D eigenvalue weighted by atomic mass is 9.90. The number of pyridine rings is 1. The van der Waals surface area contributed by atoms with Crippen molar-refractivity contribution in [2.45, 2.75) is 166 Å². The number of benzene rings is 2. The van der Waals surface area contributed by atoms with Gasteiger partial charge in [0, 0.05) is 89.6 Å². The predicted octanol–water partition coefficient (Wildman–Crippen LogP) is 11.7. The minimum atomic E-state index is -3.31. The van der Waals surface area contributed by atoms with Crippen LogP contribution >= 0.6 is 0 Å². The fourth-order valence-electron chi connectivity index (χ4n) is 14.4. The number of carboxylic acids is 1. The summed E-state index contributed by atoms with van der Waals surface area (Å²) in [4.78, 5) is 48.1. The van der Waals surface area contributed by atoms with E-state index in [9.17, 15) is 45.9 Å². The minimum absolute atomic E-state index is 0.0613. The molecular formula is C91H118F3N9O19S. The molecular weight excluding hydrogens is 1610 g/mol. The molecule has 6 fully saturated rings. The number of esters is 1. The average molecular weight is 1730 g/mol. The number of aromatic amines is 1. The quantitative estimate of drug-likeness (QED) is 0.0153. The van der Waals surface area contributed by atoms with Crippen molar-refractivity contribution >= 4 is 44.2 Å². The van der Waals surface area contributed by atoms with Crippen molar-refractivity contribution in [1.82, 2.24) is 44.5 Å². The number of fused-ring (bicyclic) bond motifs is 11. The molecule has 11 heterocycles. The van der Waals surface area contributed by atoms with E-state index < -0.39 is 46.3 Å². The van der Waals surface area contributed by atoms with Crippen molar-refractivity contribution in [2.75, 3.05) is 92.7 Å². The van der Waals surface area contributed by atoms with Crippen molar-refractivity contribution in [1.29, 1.82) is 0 Å². The Bertz CT molecular complexity index is 5020. The van der Waals surface area contributed by atoms with Gasteiger partial charge in [-0.1, -0.05) is 73.6 Å². The van der Waals surface area contributed by atoms with Crippen LogP contribution in [0.5, 0.6) is 17.2 Å². The Hall–Kier alpha value is -10.2. The number of aromatic nitrogens is 9. The number of rotatable bonds is 18. The predicted molar refractivity (Wildman–Crippen MR) is 458 cm³/mol. The number of nitrogens with zero attached hydrogens (tertiary/aromatic N) is 8. The first kappa shape index (κ1) is 96.6. The van der Waals surface area contributed by atoms with Crippen LogP contribution < -0.4 is 14.2 Å². The number of carbonyl (C=O) groups is 4. The largest absolute Gasteiger partial charge is 0.489 e. The van der Waals surface area contributed by atoms with Crippen LogP contribution in [0.15, 0.2) is 123 Å². The van der Waals surface area contributed by atoms with Gasteiger partial charge >= 0.3 is 11.9 Å². The Morgan fingerprint density at radius 2 is 1.44 bits per heavy atom. The number of ether oxygens (including phenoxy) is 8. The lowest BCUT2D eigenvalue weighted by molar-refractivity contribution is -0.144. The molecule has 5 aromatic heterocycles. The summed E-state index contributed by atoms with van der Waals surface area (Å²) in [6.45, 7) is 32.9. The van der Waals surface area contributed by atoms with E-state index in [0.29, 0.717) is 121 Å². The van der Waals surface area contributed by atoms with Gasteiger partial charge in [0.05, 0.1) is 139 Å². The fraction of sp³-hybridized carbons (Fsp3) is 0.505. The van der Waals surface area contributed by atoms with Crippen molar-refractivity contribution in [3.63, 3.8) is 0 Å². The number of aliphatic hydroxyl groups excluding tert-OH is 3. The van der Waals surface area contributed by atoms with E-state index >= 15 is 0 Å². The normalized spacial score (nSPS) is 21.8. The van der Waals surface area contributed by atoms with Crippen LogP contribution in [0.1, 0.15) is 154 Å². The van der Waals surface area contributed by atoms with Crippen molar-refractivity contribution < 1.29 is 106 Å². The molecule has 18 rings (SSSR count). The number of H-pyrrole nitrogens is 1. The molecule has 6 aliphatic heterocycles. The molecule has 12 atom stereocenters. The third-order valence-electron chi connectivity index (χ3n) is 20.6. The maximum absolute atomic E-state index is 13.9. The van der Waals surface area contributed by atoms with E-state index in [2.05, 4.69) is 63.7 Å². The standard InChI is InChI=1S/C29H29F2N3O3S.C12H16N2O3.C10H12N2O3.C8H10N2O.C7H12O2.C7H10O.C5H8O2.C5H6O2.C4H6O.C3H6O.CH3F/c1-18(13-19-14-20(30)16-21(31)15-19)27-23(10-9-22(32-27)11-12-29(2,3)35)24-7-6-8-25-26(17-38(5,36)37)33-34(4)28(24)25;1-3-16-10(15)5-14-11-9-4-8(9)6-17-12(11)7(2)13-14;1-5-10-9(7-2-6(7)4-15-10)12(11-5)3-8(13)14;1-4-8-7(10-9-4)6-2-5(6)3-11-8;1-3-5-9-6-7(8)4-2;8-7-3-1-2-5-4-6(5)7;2*6-5-2-1-3-7-4-5;1-2-4-3-5-4;1-2-3-4;1-2/h6-10,14-16,18,35H,13,17H2,1-5H3;8-9H,3-6H2,1-2H3;6-7H,2-4H2,1H3,(H,13,14);5-6H,2-3H2,1H3,(H,9,10);3-4,7-8H,1-2,5-6H2;5-6H,1-4H2;1-2,5-6H,3-4H2;1-2H,3-4H2;2,4H,1,3H2;2,4H,1,3H2;1H3/t18-;;;;;;;;;;/m0........../s1/i;;;;;;;;;;1D. The molecule has 6 N–H and O–H groups in total. The maximum atomic E-state index is 13.9. The molecule has 1 saturated heterocycles. The van der Waals surface area contributed by atoms with Gasteiger partial charge in [0.2, 0.25) is 0 Å². The van der Waals surface area contributed by atoms with E-state index in [-0.39, 0.29) is 55.8 Å². The highest BCUT2D eigenvalue weighted by atomic mass is 32.2. The third kappa shape index (κ3) is 30.6. The molecule has 123 heavy (non-hydrogen) atoms. The van der Waals surface area contributed by atoms with Gasteiger partial charge in [-0.15, -0.1) is 26.3 Å². The van der Waals surface area contributed by atoms with Gasteiger partial charge in [-0.25, -0.2) is 22.2 Å². The highest BCUT2D eigenvalue weighted by Gasteiger charge is 2.49. The van der Waals surface area contributed by atoms with E-state index in [4.69, 9.17) is 64.7 Å². The highest BCUT2D eigenvalue weighted by molar-refractivity contribution is 7.89. The summed E-state index contributed by atoms with van der Waals surface area (Å²) in [5.74, 6) is 11.2. The van der Waals surface area contributed by atoms with Crippen LogP contribution in [-0.4, -0.2) is 219 Å². The molecule has 0 bridgehead atoms. The Balaban J connectivity index is 0.000000186. The van der Waals surface area contributed by atoms with Crippen molar-refractivity contribution in [3.05, 3.63) is 192 Å². The first-order chi connectivity index (χ1) is 59.2. The number of hydrogen-bond acceptors (Lipinski definition) is 23. The molecule has 0 spiro atoms. The van der Waals surface area contributed by atoms with Crippen LogP contribution in [0, 0.1) is 73.8 Å². The minimum Gasteiger partial charge on any atom is -0.489 e. The topological polar surface area (TPSA) is 376 Å². The summed E-state index contributed by atoms with van der Waals surface area (Å²) in [6.07, 6.45) is 22.2. The molecule has 0 amide bonds. The van der Waals surface area contributed by atoms with Gasteiger partial charge in [0.1, 0.15) is 65.5 Å². The number of Topliss-reactive ketones (excluding diaryl/α,β-unsaturated/α-hetero) is 1. The lowest BCUT2D eigenvalue weighted by Crippen LogP contribution is -2.18. The Labute approximate surface area is 718 Å². The van der Waals surface area contributed by atoms with Crippen LogP contribution in [-0.2, 0) is 85.0 Å². The number of aryl methyl sites for hydroxylation is 4. The van der Waals surface area contributed by atoms with Crippen LogP contribution in [0.25, 0.3) is 22.0 Å². The number of para-hydroxylation sites is 1. The first-order valence-corrected chi connectivity index (χ1v) is 43.0. The monoisotopic (exact) mass is 1730 g/mol. The van der Waals surface area contributed by atoms with Crippen LogP contribution in [0.4, 0.5) is 13.2 Å².